The molecule has 0 rings (SSSR count). The second kappa shape index (κ2) is 23.7. The highest BCUT2D eigenvalue weighted by atomic mass is 16.7. The van der Waals surface area contributed by atoms with Gasteiger partial charge in [-0.1, -0.05) is 0 Å². The van der Waals surface area contributed by atoms with Gasteiger partial charge in [0.25, 0.3) is 0 Å². The second-order valence-electron chi connectivity index (χ2n) is 3.26. The van der Waals surface area contributed by atoms with Crippen LogP contribution in [0.5, 0.6) is 0 Å². The van der Waals surface area contributed by atoms with Gasteiger partial charge in [-0.15, -0.1) is 0 Å². The second-order valence-corrected chi connectivity index (χ2v) is 3.26. The Bertz CT molecular complexity index is 115. The topological polar surface area (TPSA) is 73.8 Å². The molecule has 0 aliphatic carbocycles. The van der Waals surface area contributed by atoms with Crippen LogP contribution < -0.4 is 0 Å². The van der Waals surface area contributed by atoms with Crippen LogP contribution in [-0.4, -0.2) is 82.0 Å². The molecule has 0 saturated carbocycles. The van der Waals surface area contributed by atoms with E-state index in [-0.39, 0.29) is 27.2 Å². The maximum Gasteiger partial charge on any atom is 0.149 e. The van der Waals surface area contributed by atoms with Crippen molar-refractivity contribution < 1.29 is 37.9 Å². The lowest BCUT2D eigenvalue weighted by atomic mass is 10.8. The average Bonchev–Trinajstić information content (AvgIpc) is 2.47. The van der Waals surface area contributed by atoms with Crippen LogP contribution >= 0.6 is 0 Å². The molecule has 0 radical (unpaired) electrons. The largest absolute Gasteiger partial charge is 0.382 e. The van der Waals surface area contributed by atoms with E-state index in [4.69, 9.17) is 28.4 Å². The Morgan fingerprint density at radius 3 is 1.10 bits per heavy atom. The fourth-order valence-corrected chi connectivity index (χ4v) is 0.755. The predicted octanol–water partition coefficient (Wildman–Crippen LogP) is 0.455. The summed E-state index contributed by atoms with van der Waals surface area (Å²) in [6.07, 6.45) is 0. The molecule has 0 saturated heterocycles. The summed E-state index contributed by atoms with van der Waals surface area (Å²) < 4.78 is 38.3. The summed E-state index contributed by atoms with van der Waals surface area (Å²) in [6, 6.07) is 0. The van der Waals surface area contributed by atoms with Crippen LogP contribution in [0.2, 0.25) is 0 Å². The van der Waals surface area contributed by atoms with E-state index >= 15 is 0 Å². The fraction of sp³-hybridized carbons (Fsp3) is 1.00. The van der Waals surface area contributed by atoms with E-state index in [0.717, 1.165) is 0 Å². The van der Waals surface area contributed by atoms with Gasteiger partial charge in [0.15, 0.2) is 0 Å². The minimum Gasteiger partial charge on any atom is -0.382 e. The van der Waals surface area contributed by atoms with E-state index in [1.165, 1.54) is 0 Å². The highest BCUT2D eigenvalue weighted by Gasteiger charge is 1.86. The van der Waals surface area contributed by atoms with E-state index in [2.05, 4.69) is 9.47 Å². The average molecular weight is 300 g/mol. The molecule has 8 nitrogen and oxygen atoms in total. The Balaban J connectivity index is 0. The molecule has 0 fully saturated rings. The van der Waals surface area contributed by atoms with Crippen molar-refractivity contribution in [2.45, 2.75) is 0 Å². The minimum absolute atomic E-state index is 0.261. The molecule has 0 aromatic carbocycles. The van der Waals surface area contributed by atoms with Crippen molar-refractivity contribution in [3.63, 3.8) is 0 Å². The molecule has 8 heteroatoms. The molecule has 0 aromatic heterocycles. The van der Waals surface area contributed by atoms with Crippen LogP contribution in [0.15, 0.2) is 0 Å². The number of hydrogen-bond acceptors (Lipinski definition) is 8. The van der Waals surface area contributed by atoms with Crippen LogP contribution in [0.3, 0.4) is 0 Å². The van der Waals surface area contributed by atoms with E-state index < -0.39 is 0 Å². The molecule has 0 atom stereocenters. The van der Waals surface area contributed by atoms with Gasteiger partial charge < -0.3 is 37.9 Å². The van der Waals surface area contributed by atoms with Crippen LogP contribution in [0, 0.1) is 0 Å². The van der Waals surface area contributed by atoms with Gasteiger partial charge in [-0.05, 0) is 0 Å². The number of rotatable bonds is 14. The molecule has 0 heterocycles. The van der Waals surface area contributed by atoms with Crippen LogP contribution in [0.1, 0.15) is 0 Å². The van der Waals surface area contributed by atoms with E-state index in [1.54, 1.807) is 28.4 Å². The SMILES string of the molecule is COCCOCOCOC.COCCOCOCOC. The standard InChI is InChI=1S/2C6H14O4/c2*1-7-3-4-9-6-10-5-8-2/h2*3-6H2,1-2H3. The normalized spacial score (nSPS) is 10.2. The summed E-state index contributed by atoms with van der Waals surface area (Å²) >= 11 is 0. The van der Waals surface area contributed by atoms with Crippen LogP contribution in [-0.2, 0) is 37.9 Å². The molecule has 124 valence electrons. The molecule has 20 heavy (non-hydrogen) atoms. The monoisotopic (exact) mass is 300 g/mol. The summed E-state index contributed by atoms with van der Waals surface area (Å²) in [5, 5.41) is 0. The lowest BCUT2D eigenvalue weighted by Crippen LogP contribution is -2.06. The summed E-state index contributed by atoms with van der Waals surface area (Å²) in [5.74, 6) is 0. The molecule has 0 aliphatic rings. The third kappa shape index (κ3) is 26.3. The van der Waals surface area contributed by atoms with Gasteiger partial charge in [0.1, 0.15) is 27.2 Å². The fourth-order valence-electron chi connectivity index (χ4n) is 0.755. The first-order chi connectivity index (χ1) is 9.83. The first-order valence-corrected chi connectivity index (χ1v) is 6.10. The minimum atomic E-state index is 0.261. The van der Waals surface area contributed by atoms with Crippen molar-refractivity contribution in [1.29, 1.82) is 0 Å². The molecule has 0 bridgehead atoms. The van der Waals surface area contributed by atoms with Crippen molar-refractivity contribution in [1.82, 2.24) is 0 Å². The highest BCUT2D eigenvalue weighted by Crippen LogP contribution is 1.79. The van der Waals surface area contributed by atoms with E-state index in [9.17, 15) is 0 Å². The Kier molecular flexibility index (Phi) is 26.1. The first-order valence-electron chi connectivity index (χ1n) is 6.10. The molecule has 0 N–H and O–H groups in total. The van der Waals surface area contributed by atoms with Crippen molar-refractivity contribution in [3.05, 3.63) is 0 Å². The van der Waals surface area contributed by atoms with Gasteiger partial charge in [-0.25, -0.2) is 0 Å². The molecule has 0 amide bonds. The summed E-state index contributed by atoms with van der Waals surface area (Å²) in [6.45, 7) is 3.36. The Morgan fingerprint density at radius 2 is 0.800 bits per heavy atom. The van der Waals surface area contributed by atoms with E-state index in [0.29, 0.717) is 26.4 Å². The summed E-state index contributed by atoms with van der Waals surface area (Å²) in [7, 11) is 6.38. The smallest absolute Gasteiger partial charge is 0.149 e. The van der Waals surface area contributed by atoms with Gasteiger partial charge >= 0.3 is 0 Å². The number of hydrogen-bond donors (Lipinski definition) is 0. The van der Waals surface area contributed by atoms with Crippen molar-refractivity contribution in [3.8, 4) is 0 Å². The quantitative estimate of drug-likeness (QED) is 0.338. The molecule has 0 aliphatic heterocycles. The maximum atomic E-state index is 4.95. The molecule has 0 aromatic rings. The highest BCUT2D eigenvalue weighted by molar-refractivity contribution is 4.21. The summed E-state index contributed by atoms with van der Waals surface area (Å²) in [5.41, 5.74) is 0. The molecule has 0 unspecified atom stereocenters. The van der Waals surface area contributed by atoms with Crippen molar-refractivity contribution in [2.24, 2.45) is 0 Å². The van der Waals surface area contributed by atoms with Gasteiger partial charge in [0.2, 0.25) is 0 Å². The van der Waals surface area contributed by atoms with E-state index in [1.807, 2.05) is 0 Å². The van der Waals surface area contributed by atoms with Gasteiger partial charge in [0, 0.05) is 28.4 Å². The van der Waals surface area contributed by atoms with Crippen LogP contribution in [0.4, 0.5) is 0 Å². The van der Waals surface area contributed by atoms with Crippen molar-refractivity contribution in [2.75, 3.05) is 82.0 Å². The zero-order valence-corrected chi connectivity index (χ0v) is 12.9. The first kappa shape index (κ1) is 22.0. The van der Waals surface area contributed by atoms with Gasteiger partial charge in [-0.2, -0.15) is 0 Å². The summed E-state index contributed by atoms with van der Waals surface area (Å²) in [4.78, 5) is 0. The Labute approximate surface area is 121 Å². The lowest BCUT2D eigenvalue weighted by Gasteiger charge is -2.02. The maximum absolute atomic E-state index is 4.95. The van der Waals surface area contributed by atoms with Gasteiger partial charge in [0.05, 0.1) is 26.4 Å². The zero-order chi connectivity index (χ0) is 15.3. The predicted molar refractivity (Wildman–Crippen MR) is 71.3 cm³/mol. The Hall–Kier alpha value is -0.320. The third-order valence-corrected chi connectivity index (χ3v) is 1.60. The van der Waals surface area contributed by atoms with Crippen LogP contribution in [0.25, 0.3) is 0 Å². The Morgan fingerprint density at radius 1 is 0.400 bits per heavy atom. The number of ether oxygens (including phenoxy) is 8. The third-order valence-electron chi connectivity index (χ3n) is 1.60. The van der Waals surface area contributed by atoms with Crippen molar-refractivity contribution >= 4 is 0 Å². The molecular weight excluding hydrogens is 272 g/mol. The molecule has 0 spiro atoms. The van der Waals surface area contributed by atoms with Gasteiger partial charge in [-0.3, -0.25) is 0 Å². The molecular formula is C12H28O8. The number of methoxy groups -OCH3 is 4. The lowest BCUT2D eigenvalue weighted by molar-refractivity contribution is -0.125. The zero-order valence-electron chi connectivity index (χ0n) is 12.9.